The van der Waals surface area contributed by atoms with Gasteiger partial charge in [-0.25, -0.2) is 0 Å². The van der Waals surface area contributed by atoms with E-state index in [-0.39, 0.29) is 31.0 Å². The molecule has 0 bridgehead atoms. The molecule has 0 aliphatic carbocycles. The second-order valence-electron chi connectivity index (χ2n) is 8.57. The van der Waals surface area contributed by atoms with E-state index in [1.807, 2.05) is 93.6 Å². The van der Waals surface area contributed by atoms with Crippen LogP contribution in [0.3, 0.4) is 0 Å². The minimum atomic E-state index is -0.711. The molecule has 0 radical (unpaired) electrons. The molecule has 1 atom stereocenters. The molecule has 1 N–H and O–H groups in total. The first-order valence-electron chi connectivity index (χ1n) is 11.4. The molecule has 34 heavy (non-hydrogen) atoms. The van der Waals surface area contributed by atoms with Crippen LogP contribution in [0.1, 0.15) is 30.5 Å². The number of ether oxygens (including phenoxy) is 1. The van der Waals surface area contributed by atoms with Crippen LogP contribution in [0.4, 0.5) is 0 Å². The molecule has 0 aliphatic heterocycles. The molecule has 178 valence electrons. The van der Waals surface area contributed by atoms with Gasteiger partial charge in [0.1, 0.15) is 11.8 Å². The molecule has 1 unspecified atom stereocenters. The maximum Gasteiger partial charge on any atom is 0.261 e. The number of carbonyl (C=O) groups is 2. The molecule has 0 aliphatic rings. The lowest BCUT2D eigenvalue weighted by Gasteiger charge is -2.32. The zero-order chi connectivity index (χ0) is 24.5. The van der Waals surface area contributed by atoms with Crippen molar-refractivity contribution in [2.45, 2.75) is 45.8 Å². The average molecular weight is 479 g/mol. The third-order valence-corrected chi connectivity index (χ3v) is 5.62. The van der Waals surface area contributed by atoms with Gasteiger partial charge in [-0.1, -0.05) is 72.3 Å². The molecule has 0 fully saturated rings. The summed E-state index contributed by atoms with van der Waals surface area (Å²) in [7, 11) is 0. The average Bonchev–Trinajstić information content (AvgIpc) is 2.81. The molecule has 3 aromatic carbocycles. The Morgan fingerprint density at radius 2 is 1.62 bits per heavy atom. The van der Waals surface area contributed by atoms with E-state index >= 15 is 0 Å². The first-order valence-corrected chi connectivity index (χ1v) is 11.8. The smallest absolute Gasteiger partial charge is 0.261 e. The first kappa shape index (κ1) is 25.3. The fourth-order valence-corrected chi connectivity index (χ4v) is 3.92. The van der Waals surface area contributed by atoms with Gasteiger partial charge in [0.25, 0.3) is 5.91 Å². The van der Waals surface area contributed by atoms with Crippen molar-refractivity contribution in [3.63, 3.8) is 0 Å². The number of benzene rings is 3. The summed E-state index contributed by atoms with van der Waals surface area (Å²) in [5.74, 6) is 0.165. The molecule has 0 aromatic heterocycles. The number of rotatable bonds is 10. The number of aryl methyl sites for hydroxylation is 1. The Morgan fingerprint density at radius 1 is 0.941 bits per heavy atom. The van der Waals surface area contributed by atoms with Crippen LogP contribution in [0, 0.1) is 6.92 Å². The maximum absolute atomic E-state index is 13.5. The van der Waals surface area contributed by atoms with Crippen molar-refractivity contribution < 1.29 is 14.3 Å². The van der Waals surface area contributed by atoms with Gasteiger partial charge in [-0.05, 0) is 55.7 Å². The summed E-state index contributed by atoms with van der Waals surface area (Å²) in [5.41, 5.74) is 2.75. The quantitative estimate of drug-likeness (QED) is 0.436. The Bertz CT molecular complexity index is 1100. The molecule has 2 amide bonds. The molecule has 0 saturated heterocycles. The monoisotopic (exact) mass is 478 g/mol. The Hall–Kier alpha value is -3.31. The Balaban J connectivity index is 1.92. The highest BCUT2D eigenvalue weighted by atomic mass is 35.5. The molecule has 3 rings (SSSR count). The van der Waals surface area contributed by atoms with Crippen LogP contribution >= 0.6 is 11.6 Å². The number of nitrogens with one attached hydrogen (secondary N) is 1. The summed E-state index contributed by atoms with van der Waals surface area (Å²) >= 11 is 6.20. The SMILES string of the molecule is Cc1ccccc1OCC(=O)N(Cc1cccc(Cl)c1)C(Cc1ccccc1)C(=O)NC(C)C. The number of carbonyl (C=O) groups excluding carboxylic acids is 2. The summed E-state index contributed by atoms with van der Waals surface area (Å²) < 4.78 is 5.85. The number of amides is 2. The molecule has 0 heterocycles. The number of hydrogen-bond acceptors (Lipinski definition) is 3. The Kier molecular flexibility index (Phi) is 9.11. The molecule has 6 heteroatoms. The van der Waals surface area contributed by atoms with E-state index in [1.165, 1.54) is 0 Å². The highest BCUT2D eigenvalue weighted by Gasteiger charge is 2.31. The van der Waals surface area contributed by atoms with E-state index < -0.39 is 6.04 Å². The fraction of sp³-hybridized carbons (Fsp3) is 0.286. The van der Waals surface area contributed by atoms with Gasteiger partial charge >= 0.3 is 0 Å². The largest absolute Gasteiger partial charge is 0.484 e. The van der Waals surface area contributed by atoms with Gasteiger partial charge in [0, 0.05) is 24.0 Å². The van der Waals surface area contributed by atoms with Crippen LogP contribution in [0.5, 0.6) is 5.75 Å². The Morgan fingerprint density at radius 3 is 2.29 bits per heavy atom. The predicted octanol–water partition coefficient (Wildman–Crippen LogP) is 5.19. The summed E-state index contributed by atoms with van der Waals surface area (Å²) in [5, 5.41) is 3.56. The minimum Gasteiger partial charge on any atom is -0.484 e. The molecule has 5 nitrogen and oxygen atoms in total. The first-order chi connectivity index (χ1) is 16.3. The molecule has 0 spiro atoms. The predicted molar refractivity (Wildman–Crippen MR) is 136 cm³/mol. The normalized spacial score (nSPS) is 11.7. The molecule has 0 saturated carbocycles. The number of para-hydroxylation sites is 1. The van der Waals surface area contributed by atoms with E-state index in [0.717, 1.165) is 16.7 Å². The minimum absolute atomic E-state index is 0.0582. The topological polar surface area (TPSA) is 58.6 Å². The van der Waals surface area contributed by atoms with Crippen LogP contribution in [-0.4, -0.2) is 35.4 Å². The lowest BCUT2D eigenvalue weighted by molar-refractivity contribution is -0.143. The van der Waals surface area contributed by atoms with Gasteiger partial charge in [-0.3, -0.25) is 9.59 Å². The Labute approximate surface area is 206 Å². The molecule has 3 aromatic rings. The second kappa shape index (κ2) is 12.2. The zero-order valence-electron chi connectivity index (χ0n) is 19.8. The summed E-state index contributed by atoms with van der Waals surface area (Å²) in [6, 6.07) is 23.8. The van der Waals surface area contributed by atoms with Crippen molar-refractivity contribution in [3.8, 4) is 5.75 Å². The second-order valence-corrected chi connectivity index (χ2v) is 9.01. The molecular weight excluding hydrogens is 448 g/mol. The van der Waals surface area contributed by atoms with E-state index in [4.69, 9.17) is 16.3 Å². The van der Waals surface area contributed by atoms with Crippen molar-refractivity contribution in [3.05, 3.63) is 101 Å². The van der Waals surface area contributed by atoms with Gasteiger partial charge in [-0.15, -0.1) is 0 Å². The number of halogens is 1. The van der Waals surface area contributed by atoms with Crippen molar-refractivity contribution in [2.75, 3.05) is 6.61 Å². The van der Waals surface area contributed by atoms with Crippen LogP contribution in [-0.2, 0) is 22.6 Å². The summed E-state index contributed by atoms with van der Waals surface area (Å²) in [4.78, 5) is 28.4. The summed E-state index contributed by atoms with van der Waals surface area (Å²) in [6.45, 7) is 5.80. The number of nitrogens with zero attached hydrogens (tertiary/aromatic N) is 1. The van der Waals surface area contributed by atoms with Gasteiger partial charge in [0.2, 0.25) is 5.91 Å². The van der Waals surface area contributed by atoms with Gasteiger partial charge in [0.15, 0.2) is 6.61 Å². The van der Waals surface area contributed by atoms with Crippen LogP contribution < -0.4 is 10.1 Å². The molecular formula is C28H31ClN2O3. The third-order valence-electron chi connectivity index (χ3n) is 5.39. The van der Waals surface area contributed by atoms with E-state index in [0.29, 0.717) is 17.2 Å². The van der Waals surface area contributed by atoms with E-state index in [2.05, 4.69) is 5.32 Å². The third kappa shape index (κ3) is 7.35. The van der Waals surface area contributed by atoms with Crippen molar-refractivity contribution in [1.29, 1.82) is 0 Å². The maximum atomic E-state index is 13.5. The fourth-order valence-electron chi connectivity index (χ4n) is 3.71. The summed E-state index contributed by atoms with van der Waals surface area (Å²) in [6.07, 6.45) is 0.385. The van der Waals surface area contributed by atoms with Gasteiger partial charge in [-0.2, -0.15) is 0 Å². The van der Waals surface area contributed by atoms with Crippen LogP contribution in [0.25, 0.3) is 0 Å². The highest BCUT2D eigenvalue weighted by molar-refractivity contribution is 6.30. The van der Waals surface area contributed by atoms with Gasteiger partial charge < -0.3 is 15.0 Å². The highest BCUT2D eigenvalue weighted by Crippen LogP contribution is 2.20. The standard InChI is InChI=1S/C28H31ClN2O3/c1-20(2)30-28(33)25(17-22-11-5-4-6-12-22)31(18-23-13-9-14-24(29)16-23)27(32)19-34-26-15-8-7-10-21(26)3/h4-16,20,25H,17-19H2,1-3H3,(H,30,33). The van der Waals surface area contributed by atoms with Crippen LogP contribution in [0.2, 0.25) is 5.02 Å². The van der Waals surface area contributed by atoms with Crippen molar-refractivity contribution in [1.82, 2.24) is 10.2 Å². The zero-order valence-corrected chi connectivity index (χ0v) is 20.6. The lowest BCUT2D eigenvalue weighted by Crippen LogP contribution is -2.52. The number of hydrogen-bond donors (Lipinski definition) is 1. The van der Waals surface area contributed by atoms with E-state index in [9.17, 15) is 9.59 Å². The lowest BCUT2D eigenvalue weighted by atomic mass is 10.0. The van der Waals surface area contributed by atoms with Crippen molar-refractivity contribution >= 4 is 23.4 Å². The van der Waals surface area contributed by atoms with E-state index in [1.54, 1.807) is 11.0 Å². The van der Waals surface area contributed by atoms with Gasteiger partial charge in [0.05, 0.1) is 0 Å². The van der Waals surface area contributed by atoms with Crippen LogP contribution in [0.15, 0.2) is 78.9 Å². The van der Waals surface area contributed by atoms with Crippen molar-refractivity contribution in [2.24, 2.45) is 0 Å².